The Morgan fingerprint density at radius 2 is 1.94 bits per heavy atom. The third-order valence-electron chi connectivity index (χ3n) is 6.01. The summed E-state index contributed by atoms with van der Waals surface area (Å²) < 4.78 is 39.5. The van der Waals surface area contributed by atoms with Gasteiger partial charge in [-0.25, -0.2) is 9.78 Å². The molecule has 0 unspecified atom stereocenters. The first-order valence-corrected chi connectivity index (χ1v) is 11.4. The highest BCUT2D eigenvalue weighted by Crippen LogP contribution is 2.34. The number of rotatable bonds is 10. The van der Waals surface area contributed by atoms with Crippen LogP contribution in [0, 0.1) is 0 Å². The van der Waals surface area contributed by atoms with Crippen LogP contribution in [0.5, 0.6) is 0 Å². The maximum absolute atomic E-state index is 13.2. The second-order valence-electron chi connectivity index (χ2n) is 8.44. The van der Waals surface area contributed by atoms with Crippen LogP contribution in [-0.4, -0.2) is 63.1 Å². The molecule has 1 aromatic heterocycles. The van der Waals surface area contributed by atoms with E-state index in [4.69, 9.17) is 0 Å². The molecule has 0 radical (unpaired) electrons. The number of anilines is 1. The SMILES string of the molecule is O=C(O)C[C@@H](c1cccc(C(F)(F)F)c1)N1CCN(CCCCNc2nc3ccccc3[nH]2)C1=O. The van der Waals surface area contributed by atoms with Crippen molar-refractivity contribution >= 4 is 29.0 Å². The normalized spacial score (nSPS) is 15.1. The van der Waals surface area contributed by atoms with Gasteiger partial charge in [0.05, 0.1) is 29.1 Å². The number of carboxylic acid groups (broad SMARTS) is 1. The van der Waals surface area contributed by atoms with Crippen LogP contribution < -0.4 is 5.32 Å². The maximum atomic E-state index is 13.2. The Labute approximate surface area is 199 Å². The van der Waals surface area contributed by atoms with Crippen LogP contribution in [0.3, 0.4) is 0 Å². The number of nitrogens with one attached hydrogen (secondary N) is 2. The average molecular weight is 489 g/mol. The van der Waals surface area contributed by atoms with Gasteiger partial charge in [0.1, 0.15) is 0 Å². The van der Waals surface area contributed by atoms with E-state index in [9.17, 15) is 27.9 Å². The maximum Gasteiger partial charge on any atom is 0.416 e. The molecule has 1 atom stereocenters. The number of carbonyl (C=O) groups excluding carboxylic acids is 1. The first-order valence-electron chi connectivity index (χ1n) is 11.4. The summed E-state index contributed by atoms with van der Waals surface area (Å²) in [4.78, 5) is 35.0. The van der Waals surface area contributed by atoms with E-state index in [2.05, 4.69) is 15.3 Å². The molecule has 1 aliphatic rings. The number of carboxylic acids is 1. The van der Waals surface area contributed by atoms with Gasteiger partial charge in [-0.3, -0.25) is 4.79 Å². The van der Waals surface area contributed by atoms with Crippen molar-refractivity contribution in [2.45, 2.75) is 31.5 Å². The van der Waals surface area contributed by atoms with Crippen molar-refractivity contribution in [1.29, 1.82) is 0 Å². The Kier molecular flexibility index (Phi) is 7.13. The number of aliphatic carboxylic acids is 1. The molecule has 2 aromatic carbocycles. The molecule has 3 N–H and O–H groups in total. The van der Waals surface area contributed by atoms with Crippen LogP contribution in [0.25, 0.3) is 11.0 Å². The number of para-hydroxylation sites is 2. The number of aromatic nitrogens is 2. The van der Waals surface area contributed by atoms with Crippen LogP contribution in [-0.2, 0) is 11.0 Å². The van der Waals surface area contributed by atoms with E-state index < -0.39 is 30.2 Å². The van der Waals surface area contributed by atoms with Gasteiger partial charge in [-0.15, -0.1) is 0 Å². The van der Waals surface area contributed by atoms with Crippen LogP contribution in [0.15, 0.2) is 48.5 Å². The Bertz CT molecular complexity index is 1160. The zero-order valence-corrected chi connectivity index (χ0v) is 18.9. The fourth-order valence-corrected chi connectivity index (χ4v) is 4.26. The highest BCUT2D eigenvalue weighted by molar-refractivity contribution is 5.78. The molecule has 186 valence electrons. The van der Waals surface area contributed by atoms with Gasteiger partial charge in [-0.1, -0.05) is 24.3 Å². The van der Waals surface area contributed by atoms with Crippen LogP contribution in [0.2, 0.25) is 0 Å². The number of aromatic amines is 1. The molecule has 0 spiro atoms. The number of unbranched alkanes of at least 4 members (excludes halogenated alkanes) is 1. The number of amides is 2. The van der Waals surface area contributed by atoms with E-state index in [1.54, 1.807) is 4.90 Å². The number of imidazole rings is 1. The molecule has 11 heteroatoms. The van der Waals surface area contributed by atoms with Crippen molar-refractivity contribution in [2.75, 3.05) is 31.5 Å². The van der Waals surface area contributed by atoms with Crippen molar-refractivity contribution in [3.8, 4) is 0 Å². The van der Waals surface area contributed by atoms with Gasteiger partial charge >= 0.3 is 18.2 Å². The molecule has 0 aliphatic carbocycles. The number of halogens is 3. The number of urea groups is 1. The summed E-state index contributed by atoms with van der Waals surface area (Å²) in [7, 11) is 0. The molecule has 35 heavy (non-hydrogen) atoms. The molecule has 1 aliphatic heterocycles. The van der Waals surface area contributed by atoms with Crippen LogP contribution in [0.4, 0.5) is 23.9 Å². The average Bonchev–Trinajstić information content (AvgIpc) is 3.39. The molecule has 8 nitrogen and oxygen atoms in total. The predicted molar refractivity (Wildman–Crippen MR) is 124 cm³/mol. The number of H-pyrrole nitrogens is 1. The molecule has 3 aromatic rings. The lowest BCUT2D eigenvalue weighted by Gasteiger charge is -2.28. The molecule has 4 rings (SSSR count). The fourth-order valence-electron chi connectivity index (χ4n) is 4.26. The van der Waals surface area contributed by atoms with Gasteiger partial charge in [0.2, 0.25) is 5.95 Å². The molecular weight excluding hydrogens is 463 g/mol. The molecule has 2 heterocycles. The van der Waals surface area contributed by atoms with Crippen LogP contribution >= 0.6 is 0 Å². The lowest BCUT2D eigenvalue weighted by atomic mass is 10.00. The third-order valence-corrected chi connectivity index (χ3v) is 6.01. The van der Waals surface area contributed by atoms with Crippen molar-refractivity contribution in [3.05, 3.63) is 59.7 Å². The summed E-state index contributed by atoms with van der Waals surface area (Å²) in [6.45, 7) is 1.77. The largest absolute Gasteiger partial charge is 0.481 e. The second-order valence-corrected chi connectivity index (χ2v) is 8.44. The Hall–Kier alpha value is -3.76. The number of benzene rings is 2. The van der Waals surface area contributed by atoms with Crippen molar-refractivity contribution < 1.29 is 27.9 Å². The Morgan fingerprint density at radius 3 is 2.69 bits per heavy atom. The van der Waals surface area contributed by atoms with Crippen molar-refractivity contribution in [2.24, 2.45) is 0 Å². The molecule has 2 amide bonds. The summed E-state index contributed by atoms with van der Waals surface area (Å²) >= 11 is 0. The first-order chi connectivity index (χ1) is 16.7. The summed E-state index contributed by atoms with van der Waals surface area (Å²) in [5, 5.41) is 12.6. The van der Waals surface area contributed by atoms with Crippen molar-refractivity contribution in [1.82, 2.24) is 19.8 Å². The minimum atomic E-state index is -4.55. The van der Waals surface area contributed by atoms with Gasteiger partial charge in [0.15, 0.2) is 0 Å². The number of hydrogen-bond acceptors (Lipinski definition) is 4. The Morgan fingerprint density at radius 1 is 1.14 bits per heavy atom. The summed E-state index contributed by atoms with van der Waals surface area (Å²) in [6, 6.07) is 10.9. The molecule has 0 bridgehead atoms. The van der Waals surface area contributed by atoms with E-state index in [-0.39, 0.29) is 18.1 Å². The standard InChI is InChI=1S/C24H26F3N5O3/c25-24(26,27)17-7-5-6-16(14-17)20(15-21(33)34)32-13-12-31(23(32)35)11-4-3-10-28-22-29-18-8-1-2-9-19(18)30-22/h1-2,5-9,14,20H,3-4,10-13,15H2,(H,33,34)(H2,28,29,30)/t20-/m0/s1. The van der Waals surface area contributed by atoms with Crippen LogP contribution in [0.1, 0.15) is 36.4 Å². The van der Waals surface area contributed by atoms with Crippen molar-refractivity contribution in [3.63, 3.8) is 0 Å². The predicted octanol–water partition coefficient (Wildman–Crippen LogP) is 4.73. The fraction of sp³-hybridized carbons (Fsp3) is 0.375. The van der Waals surface area contributed by atoms with Gasteiger partial charge in [-0.2, -0.15) is 13.2 Å². The number of carbonyl (C=O) groups is 2. The highest BCUT2D eigenvalue weighted by atomic mass is 19.4. The quantitative estimate of drug-likeness (QED) is 0.358. The van der Waals surface area contributed by atoms with Gasteiger partial charge in [-0.05, 0) is 42.7 Å². The first kappa shape index (κ1) is 24.4. The molecule has 1 fully saturated rings. The molecular formula is C24H26F3N5O3. The monoisotopic (exact) mass is 489 g/mol. The number of fused-ring (bicyclic) bond motifs is 1. The zero-order chi connectivity index (χ0) is 25.0. The zero-order valence-electron chi connectivity index (χ0n) is 18.9. The minimum Gasteiger partial charge on any atom is -0.481 e. The van der Waals surface area contributed by atoms with Gasteiger partial charge in [0.25, 0.3) is 0 Å². The lowest BCUT2D eigenvalue weighted by Crippen LogP contribution is -2.36. The third kappa shape index (κ3) is 5.84. The summed E-state index contributed by atoms with van der Waals surface area (Å²) in [6.07, 6.45) is -3.55. The summed E-state index contributed by atoms with van der Waals surface area (Å²) in [5.41, 5.74) is 1.10. The number of nitrogens with zero attached hydrogens (tertiary/aromatic N) is 3. The van der Waals surface area contributed by atoms with E-state index in [1.807, 2.05) is 24.3 Å². The number of hydrogen-bond donors (Lipinski definition) is 3. The smallest absolute Gasteiger partial charge is 0.416 e. The van der Waals surface area contributed by atoms with E-state index >= 15 is 0 Å². The molecule has 0 saturated carbocycles. The highest BCUT2D eigenvalue weighted by Gasteiger charge is 2.37. The minimum absolute atomic E-state index is 0.160. The second kappa shape index (κ2) is 10.2. The topological polar surface area (TPSA) is 102 Å². The number of alkyl halides is 3. The van der Waals surface area contributed by atoms with E-state index in [0.29, 0.717) is 32.0 Å². The lowest BCUT2D eigenvalue weighted by molar-refractivity contribution is -0.138. The van der Waals surface area contributed by atoms with E-state index in [0.717, 1.165) is 29.6 Å². The van der Waals surface area contributed by atoms with Gasteiger partial charge < -0.3 is 25.2 Å². The Balaban J connectivity index is 1.32. The van der Waals surface area contributed by atoms with Gasteiger partial charge in [0, 0.05) is 26.2 Å². The molecule has 1 saturated heterocycles. The summed E-state index contributed by atoms with van der Waals surface area (Å²) in [5.74, 6) is -0.512. The van der Waals surface area contributed by atoms with E-state index in [1.165, 1.54) is 17.0 Å².